The summed E-state index contributed by atoms with van der Waals surface area (Å²) in [7, 11) is 0. The Morgan fingerprint density at radius 1 is 1.17 bits per heavy atom. The van der Waals surface area contributed by atoms with E-state index in [1.165, 1.54) is 0 Å². The fourth-order valence-electron chi connectivity index (χ4n) is 1.29. The molecule has 0 fully saturated rings. The van der Waals surface area contributed by atoms with Gasteiger partial charge in [-0.1, -0.05) is 13.8 Å². The molecule has 18 heavy (non-hydrogen) atoms. The molecule has 6 nitrogen and oxygen atoms in total. The fraction of sp³-hybridized carbons (Fsp3) is 0.833. The van der Waals surface area contributed by atoms with Gasteiger partial charge in [-0.3, -0.25) is 0 Å². The van der Waals surface area contributed by atoms with E-state index in [1.54, 1.807) is 0 Å². The molecule has 106 valence electrons. The first kappa shape index (κ1) is 16.7. The third-order valence-corrected chi connectivity index (χ3v) is 2.06. The molecule has 2 N–H and O–H groups in total. The van der Waals surface area contributed by atoms with Gasteiger partial charge in [-0.15, -0.1) is 0 Å². The van der Waals surface area contributed by atoms with Crippen LogP contribution < -0.4 is 5.32 Å². The molecule has 0 bridgehead atoms. The number of rotatable bonds is 8. The molecule has 0 aromatic carbocycles. The topological polar surface area (TPSA) is 84.9 Å². The Kier molecular flexibility index (Phi) is 8.11. The summed E-state index contributed by atoms with van der Waals surface area (Å²) >= 11 is 0. The molecule has 0 aromatic heterocycles. The van der Waals surface area contributed by atoms with Crippen molar-refractivity contribution in [1.29, 1.82) is 0 Å². The van der Waals surface area contributed by atoms with Crippen molar-refractivity contribution in [3.63, 3.8) is 0 Å². The van der Waals surface area contributed by atoms with Gasteiger partial charge < -0.3 is 19.9 Å². The van der Waals surface area contributed by atoms with E-state index in [2.05, 4.69) is 5.32 Å². The van der Waals surface area contributed by atoms with Gasteiger partial charge in [-0.2, -0.15) is 0 Å². The van der Waals surface area contributed by atoms with Gasteiger partial charge in [0.05, 0.1) is 12.7 Å². The van der Waals surface area contributed by atoms with Crippen LogP contribution in [0.15, 0.2) is 0 Å². The zero-order valence-corrected chi connectivity index (χ0v) is 11.4. The molecule has 1 amide bonds. The van der Waals surface area contributed by atoms with Crippen LogP contribution in [0.25, 0.3) is 0 Å². The van der Waals surface area contributed by atoms with E-state index in [0.29, 0.717) is 13.0 Å². The average Bonchev–Trinajstić information content (AvgIpc) is 2.22. The predicted molar refractivity (Wildman–Crippen MR) is 66.5 cm³/mol. The molecule has 6 heteroatoms. The van der Waals surface area contributed by atoms with Crippen molar-refractivity contribution in [2.45, 2.75) is 46.3 Å². The first-order valence-corrected chi connectivity index (χ1v) is 6.10. The lowest BCUT2D eigenvalue weighted by molar-refractivity contribution is -0.139. The molecule has 0 aliphatic carbocycles. The zero-order chi connectivity index (χ0) is 14.1. The number of carboxylic acids is 1. The van der Waals surface area contributed by atoms with Crippen LogP contribution in [0, 0.1) is 5.92 Å². The Bertz CT molecular complexity index is 265. The van der Waals surface area contributed by atoms with Crippen LogP contribution in [0.3, 0.4) is 0 Å². The minimum absolute atomic E-state index is 0.0735. The lowest BCUT2D eigenvalue weighted by atomic mass is 10.0. The summed E-state index contributed by atoms with van der Waals surface area (Å²) < 4.78 is 10.0. The van der Waals surface area contributed by atoms with Crippen LogP contribution in [0.2, 0.25) is 0 Å². The largest absolute Gasteiger partial charge is 0.480 e. The molecule has 0 aromatic rings. The Labute approximate surface area is 108 Å². The number of amides is 1. The van der Waals surface area contributed by atoms with Crippen molar-refractivity contribution in [3.05, 3.63) is 0 Å². The summed E-state index contributed by atoms with van der Waals surface area (Å²) in [5, 5.41) is 11.2. The molecule has 0 unspecified atom stereocenters. The van der Waals surface area contributed by atoms with Crippen molar-refractivity contribution >= 4 is 12.1 Å². The van der Waals surface area contributed by atoms with Gasteiger partial charge >= 0.3 is 12.1 Å². The quantitative estimate of drug-likeness (QED) is 0.649. The maximum atomic E-state index is 11.3. The molecular weight excluding hydrogens is 238 g/mol. The van der Waals surface area contributed by atoms with Crippen molar-refractivity contribution < 1.29 is 24.2 Å². The molecule has 0 spiro atoms. The smallest absolute Gasteiger partial charge is 0.407 e. The van der Waals surface area contributed by atoms with Crippen LogP contribution >= 0.6 is 0 Å². The molecule has 0 aliphatic heterocycles. The van der Waals surface area contributed by atoms with E-state index in [0.717, 1.165) is 0 Å². The zero-order valence-electron chi connectivity index (χ0n) is 11.4. The number of hydrogen-bond acceptors (Lipinski definition) is 4. The first-order chi connectivity index (χ1) is 8.32. The van der Waals surface area contributed by atoms with Crippen LogP contribution in [0.5, 0.6) is 0 Å². The van der Waals surface area contributed by atoms with Crippen LogP contribution in [0.4, 0.5) is 4.79 Å². The third-order valence-electron chi connectivity index (χ3n) is 2.06. The molecule has 0 rings (SSSR count). The highest BCUT2D eigenvalue weighted by atomic mass is 16.6. The normalized spacial score (nSPS) is 12.6. The van der Waals surface area contributed by atoms with E-state index in [4.69, 9.17) is 14.6 Å². The number of carbonyl (C=O) groups excluding carboxylic acids is 1. The summed E-state index contributed by atoms with van der Waals surface area (Å²) in [5.41, 5.74) is 0. The Balaban J connectivity index is 3.92. The maximum absolute atomic E-state index is 11.3. The summed E-state index contributed by atoms with van der Waals surface area (Å²) in [5.74, 6) is -0.880. The lowest BCUT2D eigenvalue weighted by Crippen LogP contribution is -2.42. The molecule has 0 saturated heterocycles. The highest BCUT2D eigenvalue weighted by Gasteiger charge is 2.21. The second-order valence-corrected chi connectivity index (χ2v) is 4.72. The summed E-state index contributed by atoms with van der Waals surface area (Å²) in [6.07, 6.45) is -0.285. The van der Waals surface area contributed by atoms with E-state index < -0.39 is 18.1 Å². The molecule has 1 atom stereocenters. The summed E-state index contributed by atoms with van der Waals surface area (Å²) in [4.78, 5) is 22.2. The second kappa shape index (κ2) is 8.74. The minimum atomic E-state index is -1.06. The monoisotopic (exact) mass is 261 g/mol. The van der Waals surface area contributed by atoms with Gasteiger partial charge in [-0.25, -0.2) is 9.59 Å². The lowest BCUT2D eigenvalue weighted by Gasteiger charge is -2.16. The van der Waals surface area contributed by atoms with E-state index in [1.807, 2.05) is 27.7 Å². The number of aliphatic carboxylic acids is 1. The highest BCUT2D eigenvalue weighted by Crippen LogP contribution is 2.05. The number of nitrogens with one attached hydrogen (secondary N) is 1. The van der Waals surface area contributed by atoms with E-state index in [-0.39, 0.29) is 18.6 Å². The van der Waals surface area contributed by atoms with E-state index >= 15 is 0 Å². The first-order valence-electron chi connectivity index (χ1n) is 6.10. The number of hydrogen-bond donors (Lipinski definition) is 2. The second-order valence-electron chi connectivity index (χ2n) is 4.72. The van der Waals surface area contributed by atoms with Crippen molar-refractivity contribution in [2.75, 3.05) is 13.2 Å². The highest BCUT2D eigenvalue weighted by molar-refractivity contribution is 5.79. The van der Waals surface area contributed by atoms with Crippen LogP contribution in [-0.2, 0) is 14.3 Å². The number of alkyl carbamates (subject to hydrolysis) is 1. The van der Waals surface area contributed by atoms with Gasteiger partial charge in [0, 0.05) is 0 Å². The standard InChI is InChI=1S/C12H23NO5/c1-8(2)7-10(11(14)15)13-12(16)18-6-5-17-9(3)4/h8-10H,5-7H2,1-4H3,(H,13,16)(H,14,15)/t10-/m0/s1. The van der Waals surface area contributed by atoms with Gasteiger partial charge in [0.2, 0.25) is 0 Å². The number of carboxylic acid groups (broad SMARTS) is 1. The predicted octanol–water partition coefficient (Wildman–Crippen LogP) is 1.64. The number of carbonyl (C=O) groups is 2. The SMILES string of the molecule is CC(C)C[C@H](NC(=O)OCCOC(C)C)C(=O)O. The molecule has 0 aliphatic rings. The maximum Gasteiger partial charge on any atom is 0.407 e. The van der Waals surface area contributed by atoms with Crippen LogP contribution in [0.1, 0.15) is 34.1 Å². The molecular formula is C12H23NO5. The summed E-state index contributed by atoms with van der Waals surface area (Å²) in [6.45, 7) is 7.94. The van der Waals surface area contributed by atoms with Gasteiger partial charge in [0.25, 0.3) is 0 Å². The van der Waals surface area contributed by atoms with Gasteiger partial charge in [0.15, 0.2) is 0 Å². The minimum Gasteiger partial charge on any atom is -0.480 e. The molecule has 0 radical (unpaired) electrons. The van der Waals surface area contributed by atoms with Gasteiger partial charge in [-0.05, 0) is 26.2 Å². The van der Waals surface area contributed by atoms with E-state index in [9.17, 15) is 9.59 Å². The third kappa shape index (κ3) is 8.81. The van der Waals surface area contributed by atoms with Crippen LogP contribution in [-0.4, -0.2) is 42.5 Å². The van der Waals surface area contributed by atoms with Gasteiger partial charge in [0.1, 0.15) is 12.6 Å². The molecule has 0 saturated carbocycles. The van der Waals surface area contributed by atoms with Crippen molar-refractivity contribution in [2.24, 2.45) is 5.92 Å². The average molecular weight is 261 g/mol. The Hall–Kier alpha value is -1.30. The fourth-order valence-corrected chi connectivity index (χ4v) is 1.29. The van der Waals surface area contributed by atoms with Crippen molar-refractivity contribution in [1.82, 2.24) is 5.32 Å². The van der Waals surface area contributed by atoms with Crippen molar-refractivity contribution in [3.8, 4) is 0 Å². The molecule has 0 heterocycles. The summed E-state index contributed by atoms with van der Waals surface area (Å²) in [6, 6.07) is -0.913. The Morgan fingerprint density at radius 3 is 2.22 bits per heavy atom. The Morgan fingerprint density at radius 2 is 1.78 bits per heavy atom. The number of ether oxygens (including phenoxy) is 2.